The molecule has 12 heteroatoms. The lowest BCUT2D eigenvalue weighted by Gasteiger charge is -2.21. The number of hydroxylamine groups is 2. The maximum Gasteiger partial charge on any atom is 0.407 e. The summed E-state index contributed by atoms with van der Waals surface area (Å²) in [6, 6.07) is 2.64. The quantitative estimate of drug-likeness (QED) is 0.197. The van der Waals surface area contributed by atoms with E-state index in [0.717, 1.165) is 0 Å². The van der Waals surface area contributed by atoms with E-state index in [9.17, 15) is 18.0 Å². The van der Waals surface area contributed by atoms with Crippen LogP contribution in [0.3, 0.4) is 0 Å². The first-order chi connectivity index (χ1) is 17.7. The first-order valence-electron chi connectivity index (χ1n) is 12.3. The average molecular weight is 567 g/mol. The van der Waals surface area contributed by atoms with Crippen LogP contribution >= 0.6 is 10.7 Å². The molecule has 0 atom stereocenters. The van der Waals surface area contributed by atoms with Crippen molar-refractivity contribution in [2.24, 2.45) is 10.7 Å². The zero-order valence-electron chi connectivity index (χ0n) is 22.4. The Kier molecular flexibility index (Phi) is 11.2. The number of benzene rings is 1. The molecule has 1 aromatic rings. The highest BCUT2D eigenvalue weighted by Crippen LogP contribution is 2.33. The minimum Gasteiger partial charge on any atom is -0.444 e. The SMILES string of the molecule is CCCN(OCC)C(=O)C1=Cc2c(C#CCCCNC(=O)OC(C)(C)C)cc(S(=O)(=O)Cl)cc2N=C(N)C1. The number of amidine groups is 1. The lowest BCUT2D eigenvalue weighted by atomic mass is 10.0. The number of nitrogens with one attached hydrogen (secondary N) is 1. The van der Waals surface area contributed by atoms with Gasteiger partial charge >= 0.3 is 6.09 Å². The second-order valence-corrected chi connectivity index (χ2v) is 12.0. The fourth-order valence-corrected chi connectivity index (χ4v) is 4.21. The van der Waals surface area contributed by atoms with Crippen LogP contribution in [0, 0.1) is 11.8 Å². The molecule has 1 aliphatic heterocycles. The van der Waals surface area contributed by atoms with E-state index >= 15 is 0 Å². The third kappa shape index (κ3) is 9.67. The summed E-state index contributed by atoms with van der Waals surface area (Å²) in [6.07, 6.45) is 2.77. The highest BCUT2D eigenvalue weighted by Gasteiger charge is 2.24. The number of amides is 2. The molecule has 1 aliphatic rings. The molecule has 38 heavy (non-hydrogen) atoms. The monoisotopic (exact) mass is 566 g/mol. The van der Waals surface area contributed by atoms with E-state index in [0.29, 0.717) is 55.7 Å². The molecule has 1 heterocycles. The molecule has 0 aliphatic carbocycles. The van der Waals surface area contributed by atoms with Gasteiger partial charge in [-0.15, -0.1) is 0 Å². The second-order valence-electron chi connectivity index (χ2n) is 9.45. The summed E-state index contributed by atoms with van der Waals surface area (Å²) in [5, 5.41) is 3.94. The summed E-state index contributed by atoms with van der Waals surface area (Å²) in [5.41, 5.74) is 6.84. The van der Waals surface area contributed by atoms with Crippen molar-refractivity contribution >= 4 is 49.3 Å². The molecule has 0 radical (unpaired) electrons. The summed E-state index contributed by atoms with van der Waals surface area (Å²) < 4.78 is 29.4. The molecule has 10 nitrogen and oxygen atoms in total. The lowest BCUT2D eigenvalue weighted by molar-refractivity contribution is -0.180. The summed E-state index contributed by atoms with van der Waals surface area (Å²) in [6.45, 7) is 10.1. The van der Waals surface area contributed by atoms with Crippen LogP contribution in [0.4, 0.5) is 10.5 Å². The van der Waals surface area contributed by atoms with E-state index in [1.54, 1.807) is 33.8 Å². The molecule has 0 unspecified atom stereocenters. The minimum atomic E-state index is -4.09. The van der Waals surface area contributed by atoms with Crippen molar-refractivity contribution in [2.75, 3.05) is 19.7 Å². The van der Waals surface area contributed by atoms with E-state index in [2.05, 4.69) is 22.2 Å². The van der Waals surface area contributed by atoms with E-state index in [-0.39, 0.29) is 28.7 Å². The molecule has 0 saturated carbocycles. The number of aliphatic imine (C=N–C) groups is 1. The summed E-state index contributed by atoms with van der Waals surface area (Å²) in [5.74, 6) is 5.72. The van der Waals surface area contributed by atoms with Gasteiger partial charge in [-0.3, -0.25) is 9.63 Å². The van der Waals surface area contributed by atoms with Gasteiger partial charge in [0.25, 0.3) is 15.0 Å². The fourth-order valence-electron chi connectivity index (χ4n) is 3.44. The van der Waals surface area contributed by atoms with Gasteiger partial charge in [0.1, 0.15) is 11.4 Å². The predicted molar refractivity (Wildman–Crippen MR) is 147 cm³/mol. The number of alkyl carbamates (subject to hydrolysis) is 1. The van der Waals surface area contributed by atoms with Crippen molar-refractivity contribution in [3.63, 3.8) is 0 Å². The second kappa shape index (κ2) is 13.6. The standard InChI is InChI=1S/C26H35ClN4O6S/c1-6-13-31(36-7-2)24(32)19-15-21-18(11-9-8-10-12-29-25(33)37-26(3,4)5)14-20(38(27,34)35)17-22(21)30-23(28)16-19/h14-15,17H,6-8,10,12-13,16H2,1-5H3,(H2,28,30)(H,29,33). The van der Waals surface area contributed by atoms with E-state index in [1.807, 2.05) is 6.92 Å². The Labute approximate surface area is 229 Å². The Morgan fingerprint density at radius 2 is 1.97 bits per heavy atom. The minimum absolute atomic E-state index is 0.0486. The highest BCUT2D eigenvalue weighted by molar-refractivity contribution is 8.13. The molecule has 0 aromatic heterocycles. The highest BCUT2D eigenvalue weighted by atomic mass is 35.7. The van der Waals surface area contributed by atoms with E-state index in [1.165, 1.54) is 17.2 Å². The molecule has 3 N–H and O–H groups in total. The van der Waals surface area contributed by atoms with Crippen LogP contribution in [-0.2, 0) is 23.4 Å². The number of unbranched alkanes of at least 4 members (excludes halogenated alkanes) is 1. The number of hydrogen-bond acceptors (Lipinski definition) is 8. The first kappa shape index (κ1) is 31.1. The zero-order valence-corrected chi connectivity index (χ0v) is 24.0. The molecule has 208 valence electrons. The Morgan fingerprint density at radius 1 is 1.26 bits per heavy atom. The average Bonchev–Trinajstić information content (AvgIpc) is 2.96. The number of hydrogen-bond donors (Lipinski definition) is 2. The maximum absolute atomic E-state index is 13.2. The Hall–Kier alpha value is -3.07. The van der Waals surface area contributed by atoms with Gasteiger partial charge in [0.05, 0.1) is 17.2 Å². The number of ether oxygens (including phenoxy) is 1. The van der Waals surface area contributed by atoms with Gasteiger partial charge in [-0.25, -0.2) is 23.3 Å². The summed E-state index contributed by atoms with van der Waals surface area (Å²) in [4.78, 5) is 34.7. The molecular formula is C26H35ClN4O6S. The molecule has 0 spiro atoms. The maximum atomic E-state index is 13.2. The van der Waals surface area contributed by atoms with Crippen molar-refractivity contribution < 1.29 is 27.6 Å². The third-order valence-electron chi connectivity index (χ3n) is 4.95. The van der Waals surface area contributed by atoms with Crippen LogP contribution in [0.5, 0.6) is 0 Å². The van der Waals surface area contributed by atoms with Gasteiger partial charge in [-0.1, -0.05) is 18.8 Å². The van der Waals surface area contributed by atoms with Crippen molar-refractivity contribution in [1.82, 2.24) is 10.4 Å². The topological polar surface area (TPSA) is 140 Å². The van der Waals surface area contributed by atoms with Crippen molar-refractivity contribution in [3.05, 3.63) is 28.8 Å². The van der Waals surface area contributed by atoms with Crippen molar-refractivity contribution in [3.8, 4) is 11.8 Å². The largest absolute Gasteiger partial charge is 0.444 e. The molecule has 2 amide bonds. The number of carbonyl (C=O) groups excluding carboxylic acids is 2. The molecule has 0 bridgehead atoms. The predicted octanol–water partition coefficient (Wildman–Crippen LogP) is 4.24. The lowest BCUT2D eigenvalue weighted by Crippen LogP contribution is -2.34. The van der Waals surface area contributed by atoms with Crippen LogP contribution in [0.15, 0.2) is 27.6 Å². The van der Waals surface area contributed by atoms with Crippen molar-refractivity contribution in [1.29, 1.82) is 0 Å². The van der Waals surface area contributed by atoms with Gasteiger partial charge in [-0.05, 0) is 58.7 Å². The van der Waals surface area contributed by atoms with E-state index < -0.39 is 20.7 Å². The van der Waals surface area contributed by atoms with Gasteiger partial charge < -0.3 is 15.8 Å². The van der Waals surface area contributed by atoms with Crippen LogP contribution in [0.25, 0.3) is 6.08 Å². The normalized spacial score (nSPS) is 13.2. The number of carbonyl (C=O) groups is 2. The number of nitrogens with zero attached hydrogens (tertiary/aromatic N) is 2. The molecule has 0 saturated heterocycles. The molecule has 1 aromatic carbocycles. The summed E-state index contributed by atoms with van der Waals surface area (Å²) >= 11 is 0. The van der Waals surface area contributed by atoms with Crippen LogP contribution < -0.4 is 11.1 Å². The Morgan fingerprint density at radius 3 is 2.58 bits per heavy atom. The summed E-state index contributed by atoms with van der Waals surface area (Å²) in [7, 11) is 1.53. The van der Waals surface area contributed by atoms with Gasteiger partial charge in [-0.2, -0.15) is 0 Å². The smallest absolute Gasteiger partial charge is 0.407 e. The Balaban J connectivity index is 2.38. The number of rotatable bonds is 9. The third-order valence-corrected chi connectivity index (χ3v) is 6.28. The van der Waals surface area contributed by atoms with Crippen molar-refractivity contribution in [2.45, 2.75) is 70.8 Å². The van der Waals surface area contributed by atoms with Gasteiger partial charge in [0.15, 0.2) is 0 Å². The zero-order chi connectivity index (χ0) is 28.5. The first-order valence-corrected chi connectivity index (χ1v) is 14.6. The van der Waals surface area contributed by atoms with E-state index in [4.69, 9.17) is 26.0 Å². The van der Waals surface area contributed by atoms with Crippen LogP contribution in [-0.4, -0.2) is 56.6 Å². The number of halogens is 1. The van der Waals surface area contributed by atoms with Gasteiger partial charge in [0.2, 0.25) is 0 Å². The number of fused-ring (bicyclic) bond motifs is 1. The van der Waals surface area contributed by atoms with Gasteiger partial charge in [0, 0.05) is 53.3 Å². The molecular weight excluding hydrogens is 532 g/mol. The Bertz CT molecular complexity index is 1270. The molecule has 0 fully saturated rings. The fraction of sp³-hybridized carbons (Fsp3) is 0.500. The molecule has 2 rings (SSSR count). The number of nitrogens with two attached hydrogens (primary N) is 1. The van der Waals surface area contributed by atoms with Crippen LogP contribution in [0.1, 0.15) is 71.4 Å². The van der Waals surface area contributed by atoms with Crippen LogP contribution in [0.2, 0.25) is 0 Å².